The summed E-state index contributed by atoms with van der Waals surface area (Å²) >= 11 is 0. The summed E-state index contributed by atoms with van der Waals surface area (Å²) in [6.07, 6.45) is 3.12. The van der Waals surface area contributed by atoms with Crippen LogP contribution >= 0.6 is 0 Å². The van der Waals surface area contributed by atoms with Crippen LogP contribution < -0.4 is 14.8 Å². The number of likely N-dealkylation sites (tertiary alicyclic amines) is 1. The van der Waals surface area contributed by atoms with Gasteiger partial charge in [-0.05, 0) is 49.6 Å². The Morgan fingerprint density at radius 1 is 1.11 bits per heavy atom. The average Bonchev–Trinajstić information content (AvgIpc) is 3.25. The third kappa shape index (κ3) is 5.73. The van der Waals surface area contributed by atoms with Gasteiger partial charge in [0.1, 0.15) is 11.5 Å². The van der Waals surface area contributed by atoms with E-state index < -0.39 is 0 Å². The lowest BCUT2D eigenvalue weighted by Gasteiger charge is -2.17. The number of hydrogen-bond acceptors (Lipinski definition) is 4. The monoisotopic (exact) mass is 368 g/mol. The number of nitrogens with zero attached hydrogens (tertiary/aromatic N) is 1. The Morgan fingerprint density at radius 3 is 2.74 bits per heavy atom. The van der Waals surface area contributed by atoms with Crippen molar-refractivity contribution in [2.24, 2.45) is 0 Å². The van der Waals surface area contributed by atoms with E-state index in [4.69, 9.17) is 9.47 Å². The van der Waals surface area contributed by atoms with E-state index in [1.165, 1.54) is 5.56 Å². The number of nitrogens with one attached hydrogen (secondary N) is 1. The lowest BCUT2D eigenvalue weighted by molar-refractivity contribution is -0.132. The minimum absolute atomic E-state index is 0.0771. The number of rotatable bonds is 9. The van der Waals surface area contributed by atoms with Gasteiger partial charge in [0.25, 0.3) is 5.91 Å². The highest BCUT2D eigenvalue weighted by atomic mass is 16.5. The zero-order valence-electron chi connectivity index (χ0n) is 15.9. The van der Waals surface area contributed by atoms with E-state index in [9.17, 15) is 4.79 Å². The minimum atomic E-state index is 0.0771. The van der Waals surface area contributed by atoms with Crippen LogP contribution in [0.15, 0.2) is 48.5 Å². The second kappa shape index (κ2) is 9.97. The smallest absolute Gasteiger partial charge is 0.260 e. The Morgan fingerprint density at radius 2 is 1.93 bits per heavy atom. The lowest BCUT2D eigenvalue weighted by Crippen LogP contribution is -2.32. The second-order valence-electron chi connectivity index (χ2n) is 6.76. The van der Waals surface area contributed by atoms with Gasteiger partial charge in [-0.25, -0.2) is 0 Å². The van der Waals surface area contributed by atoms with Gasteiger partial charge < -0.3 is 19.7 Å². The van der Waals surface area contributed by atoms with Crippen molar-refractivity contribution in [1.82, 2.24) is 10.2 Å². The standard InChI is InChI=1S/C22H28N2O3/c1-26-20-9-6-7-18(15-20)11-12-23-16-19-8-2-3-10-21(19)27-17-22(25)24-13-4-5-14-24/h2-3,6-10,15,23H,4-5,11-14,16-17H2,1H3. The van der Waals surface area contributed by atoms with Gasteiger partial charge in [-0.15, -0.1) is 0 Å². The molecule has 0 unspecified atom stereocenters. The first-order chi connectivity index (χ1) is 13.3. The van der Waals surface area contributed by atoms with Gasteiger partial charge in [-0.3, -0.25) is 4.79 Å². The van der Waals surface area contributed by atoms with Crippen LogP contribution in [0.4, 0.5) is 0 Å². The van der Waals surface area contributed by atoms with Crippen LogP contribution in [0.1, 0.15) is 24.0 Å². The molecule has 5 heteroatoms. The Kier molecular flexibility index (Phi) is 7.11. The number of methoxy groups -OCH3 is 1. The second-order valence-corrected chi connectivity index (χ2v) is 6.76. The fourth-order valence-corrected chi connectivity index (χ4v) is 3.27. The molecule has 0 radical (unpaired) electrons. The van der Waals surface area contributed by atoms with Gasteiger partial charge >= 0.3 is 0 Å². The summed E-state index contributed by atoms with van der Waals surface area (Å²) in [4.78, 5) is 14.1. The Labute approximate surface area is 161 Å². The molecule has 1 heterocycles. The highest BCUT2D eigenvalue weighted by Crippen LogP contribution is 2.18. The van der Waals surface area contributed by atoms with Crippen LogP contribution in [0.2, 0.25) is 0 Å². The van der Waals surface area contributed by atoms with Gasteiger partial charge in [0, 0.05) is 25.2 Å². The SMILES string of the molecule is COc1cccc(CCNCc2ccccc2OCC(=O)N2CCCC2)c1. The molecule has 0 saturated carbocycles. The number of amides is 1. The molecular weight excluding hydrogens is 340 g/mol. The summed E-state index contributed by atoms with van der Waals surface area (Å²) in [5.41, 5.74) is 2.31. The van der Waals surface area contributed by atoms with Gasteiger partial charge in [0.15, 0.2) is 6.61 Å². The fraction of sp³-hybridized carbons (Fsp3) is 0.409. The summed E-state index contributed by atoms with van der Waals surface area (Å²) in [7, 11) is 1.68. The molecule has 144 valence electrons. The Hall–Kier alpha value is -2.53. The molecule has 0 bridgehead atoms. The number of hydrogen-bond donors (Lipinski definition) is 1. The number of benzene rings is 2. The summed E-state index contributed by atoms with van der Waals surface area (Å²) in [6, 6.07) is 16.0. The van der Waals surface area contributed by atoms with Crippen molar-refractivity contribution in [1.29, 1.82) is 0 Å². The zero-order valence-corrected chi connectivity index (χ0v) is 15.9. The van der Waals surface area contributed by atoms with Crippen molar-refractivity contribution in [2.45, 2.75) is 25.8 Å². The summed E-state index contributed by atoms with van der Waals surface area (Å²) < 4.78 is 11.1. The van der Waals surface area contributed by atoms with Crippen LogP contribution in [-0.4, -0.2) is 44.2 Å². The van der Waals surface area contributed by atoms with E-state index in [2.05, 4.69) is 17.4 Å². The first-order valence-corrected chi connectivity index (χ1v) is 9.58. The third-order valence-electron chi connectivity index (χ3n) is 4.82. The molecule has 5 nitrogen and oxygen atoms in total. The molecule has 0 atom stereocenters. The Balaban J connectivity index is 1.46. The minimum Gasteiger partial charge on any atom is -0.497 e. The van der Waals surface area contributed by atoms with Gasteiger partial charge in [-0.2, -0.15) is 0 Å². The third-order valence-corrected chi connectivity index (χ3v) is 4.82. The molecule has 0 aromatic heterocycles. The van der Waals surface area contributed by atoms with Crippen molar-refractivity contribution in [3.05, 3.63) is 59.7 Å². The van der Waals surface area contributed by atoms with Crippen molar-refractivity contribution in [3.63, 3.8) is 0 Å². The number of ether oxygens (including phenoxy) is 2. The predicted molar refractivity (Wildman–Crippen MR) is 106 cm³/mol. The molecule has 1 aliphatic rings. The van der Waals surface area contributed by atoms with Gasteiger partial charge in [0.2, 0.25) is 0 Å². The fourth-order valence-electron chi connectivity index (χ4n) is 3.27. The van der Waals surface area contributed by atoms with E-state index in [1.54, 1.807) is 7.11 Å². The van der Waals surface area contributed by atoms with Crippen LogP contribution in [0.3, 0.4) is 0 Å². The maximum Gasteiger partial charge on any atom is 0.260 e. The molecule has 1 aliphatic heterocycles. The molecule has 0 spiro atoms. The molecule has 1 amide bonds. The van der Waals surface area contributed by atoms with Gasteiger partial charge in [-0.1, -0.05) is 30.3 Å². The van der Waals surface area contributed by atoms with Crippen molar-refractivity contribution in [2.75, 3.05) is 33.4 Å². The maximum absolute atomic E-state index is 12.2. The normalized spacial score (nSPS) is 13.6. The van der Waals surface area contributed by atoms with Crippen molar-refractivity contribution >= 4 is 5.91 Å². The molecule has 2 aromatic rings. The zero-order chi connectivity index (χ0) is 18.9. The summed E-state index contributed by atoms with van der Waals surface area (Å²) in [5, 5.41) is 3.45. The van der Waals surface area contributed by atoms with E-state index in [1.807, 2.05) is 41.3 Å². The molecular formula is C22H28N2O3. The maximum atomic E-state index is 12.2. The van der Waals surface area contributed by atoms with Crippen LogP contribution in [0, 0.1) is 0 Å². The molecule has 1 fully saturated rings. The summed E-state index contributed by atoms with van der Waals surface area (Å²) in [5.74, 6) is 1.74. The number of carbonyl (C=O) groups excluding carboxylic acids is 1. The van der Waals surface area contributed by atoms with E-state index in [0.29, 0.717) is 6.54 Å². The van der Waals surface area contributed by atoms with Crippen LogP contribution in [0.25, 0.3) is 0 Å². The molecule has 3 rings (SSSR count). The molecule has 1 N–H and O–H groups in total. The topological polar surface area (TPSA) is 50.8 Å². The molecule has 0 aliphatic carbocycles. The van der Waals surface area contributed by atoms with E-state index in [-0.39, 0.29) is 12.5 Å². The van der Waals surface area contributed by atoms with E-state index >= 15 is 0 Å². The summed E-state index contributed by atoms with van der Waals surface area (Å²) in [6.45, 7) is 3.39. The highest BCUT2D eigenvalue weighted by Gasteiger charge is 2.18. The van der Waals surface area contributed by atoms with E-state index in [0.717, 1.165) is 56.0 Å². The molecule has 1 saturated heterocycles. The van der Waals surface area contributed by atoms with Gasteiger partial charge in [0.05, 0.1) is 7.11 Å². The largest absolute Gasteiger partial charge is 0.497 e. The van der Waals surface area contributed by atoms with Crippen LogP contribution in [0.5, 0.6) is 11.5 Å². The number of carbonyl (C=O) groups is 1. The molecule has 2 aromatic carbocycles. The number of para-hydroxylation sites is 1. The van der Waals surface area contributed by atoms with Crippen LogP contribution in [-0.2, 0) is 17.8 Å². The van der Waals surface area contributed by atoms with Crippen molar-refractivity contribution < 1.29 is 14.3 Å². The predicted octanol–water partition coefficient (Wildman–Crippen LogP) is 3.03. The molecule has 27 heavy (non-hydrogen) atoms. The average molecular weight is 368 g/mol. The lowest BCUT2D eigenvalue weighted by atomic mass is 10.1. The van der Waals surface area contributed by atoms with Crippen molar-refractivity contribution in [3.8, 4) is 11.5 Å². The quantitative estimate of drug-likeness (QED) is 0.691. The highest BCUT2D eigenvalue weighted by molar-refractivity contribution is 5.78. The first kappa shape index (κ1) is 19.2. The first-order valence-electron chi connectivity index (χ1n) is 9.58. The Bertz CT molecular complexity index is 742.